The molecule has 0 aromatic carbocycles. The van der Waals surface area contributed by atoms with Crippen molar-refractivity contribution in [3.05, 3.63) is 10.6 Å². The van der Waals surface area contributed by atoms with E-state index in [2.05, 4.69) is 37.6 Å². The van der Waals surface area contributed by atoms with Crippen LogP contribution in [0.25, 0.3) is 0 Å². The molecule has 18 heavy (non-hydrogen) atoms. The molecule has 0 spiro atoms. The van der Waals surface area contributed by atoms with E-state index in [0.717, 1.165) is 35.1 Å². The summed E-state index contributed by atoms with van der Waals surface area (Å²) in [4.78, 5) is 18.9. The number of thioether (sulfide) groups is 1. The molecule has 5 heteroatoms. The minimum atomic E-state index is 0.309. The summed E-state index contributed by atoms with van der Waals surface area (Å²) in [6.45, 7) is 10.7. The molecule has 0 bridgehead atoms. The summed E-state index contributed by atoms with van der Waals surface area (Å²) in [5, 5.41) is 2.26. The second kappa shape index (κ2) is 5.61. The maximum absolute atomic E-state index is 11.1. The van der Waals surface area contributed by atoms with Crippen molar-refractivity contribution < 1.29 is 4.79 Å². The lowest BCUT2D eigenvalue weighted by Gasteiger charge is -2.34. The van der Waals surface area contributed by atoms with Crippen LogP contribution in [0.15, 0.2) is 0 Å². The van der Waals surface area contributed by atoms with E-state index in [1.807, 2.05) is 11.8 Å². The number of rotatable bonds is 3. The molecule has 1 aliphatic rings. The van der Waals surface area contributed by atoms with Crippen LogP contribution in [0.4, 0.5) is 5.13 Å². The van der Waals surface area contributed by atoms with Crippen LogP contribution < -0.4 is 4.90 Å². The molecule has 0 N–H and O–H groups in total. The molecule has 0 amide bonds. The number of hydrogen-bond acceptors (Lipinski definition) is 5. The Morgan fingerprint density at radius 2 is 1.94 bits per heavy atom. The molecule has 2 atom stereocenters. The zero-order valence-corrected chi connectivity index (χ0v) is 13.0. The van der Waals surface area contributed by atoms with Crippen molar-refractivity contribution in [1.82, 2.24) is 4.98 Å². The molecule has 2 rings (SSSR count). The standard InChI is InChI=1S/C13H20N2OS2/c1-8(2)12-11(7-16)18-13(14-12)15-5-9(3)17-10(4)6-15/h7-10H,5-6H2,1-4H3. The zero-order chi connectivity index (χ0) is 13.3. The van der Waals surface area contributed by atoms with Gasteiger partial charge in [-0.2, -0.15) is 11.8 Å². The smallest absolute Gasteiger partial charge is 0.186 e. The number of thiazole rings is 1. The SMILES string of the molecule is CC1CN(c2nc(C(C)C)c(C=O)s2)CC(C)S1. The number of nitrogens with zero attached hydrogens (tertiary/aromatic N) is 2. The van der Waals surface area contributed by atoms with Crippen molar-refractivity contribution in [3.63, 3.8) is 0 Å². The van der Waals surface area contributed by atoms with Crippen molar-refractivity contribution in [2.24, 2.45) is 0 Å². The van der Waals surface area contributed by atoms with Crippen molar-refractivity contribution in [2.75, 3.05) is 18.0 Å². The molecule has 1 aromatic rings. The average molecular weight is 284 g/mol. The molecule has 3 nitrogen and oxygen atoms in total. The van der Waals surface area contributed by atoms with Gasteiger partial charge in [0.2, 0.25) is 0 Å². The van der Waals surface area contributed by atoms with E-state index >= 15 is 0 Å². The maximum atomic E-state index is 11.1. The predicted octanol–water partition coefficient (Wildman–Crippen LogP) is 3.41. The molecule has 1 aromatic heterocycles. The first-order valence-corrected chi connectivity index (χ1v) is 8.13. The summed E-state index contributed by atoms with van der Waals surface area (Å²) in [5.74, 6) is 0.309. The van der Waals surface area contributed by atoms with Gasteiger partial charge >= 0.3 is 0 Å². The Hall–Kier alpha value is -0.550. The van der Waals surface area contributed by atoms with Gasteiger partial charge in [0.1, 0.15) is 0 Å². The van der Waals surface area contributed by atoms with Gasteiger partial charge in [-0.3, -0.25) is 4.79 Å². The van der Waals surface area contributed by atoms with E-state index in [0.29, 0.717) is 16.4 Å². The minimum Gasteiger partial charge on any atom is -0.346 e. The summed E-state index contributed by atoms with van der Waals surface area (Å²) in [6.07, 6.45) is 0.946. The molecule has 0 radical (unpaired) electrons. The van der Waals surface area contributed by atoms with E-state index in [1.165, 1.54) is 11.3 Å². The van der Waals surface area contributed by atoms with Crippen molar-refractivity contribution in [1.29, 1.82) is 0 Å². The van der Waals surface area contributed by atoms with Crippen LogP contribution in [0.2, 0.25) is 0 Å². The molecule has 1 saturated heterocycles. The normalized spacial score (nSPS) is 24.6. The molecule has 0 aliphatic carbocycles. The maximum Gasteiger partial charge on any atom is 0.186 e. The Labute approximate surface area is 117 Å². The molecule has 1 aliphatic heterocycles. The first-order valence-electron chi connectivity index (χ1n) is 6.37. The fraction of sp³-hybridized carbons (Fsp3) is 0.692. The number of aldehydes is 1. The molecule has 2 heterocycles. The van der Waals surface area contributed by atoms with Crippen LogP contribution >= 0.6 is 23.1 Å². The second-order valence-electron chi connectivity index (χ2n) is 5.18. The number of carbonyl (C=O) groups is 1. The molecule has 2 unspecified atom stereocenters. The van der Waals surface area contributed by atoms with E-state index < -0.39 is 0 Å². The van der Waals surface area contributed by atoms with Crippen molar-refractivity contribution >= 4 is 34.5 Å². The highest BCUT2D eigenvalue weighted by atomic mass is 32.2. The third-order valence-electron chi connectivity index (χ3n) is 3.01. The van der Waals surface area contributed by atoms with E-state index in [1.54, 1.807) is 0 Å². The summed E-state index contributed by atoms with van der Waals surface area (Å²) in [5.41, 5.74) is 0.948. The number of anilines is 1. The van der Waals surface area contributed by atoms with Crippen LogP contribution in [0, 0.1) is 0 Å². The zero-order valence-electron chi connectivity index (χ0n) is 11.3. The topological polar surface area (TPSA) is 33.2 Å². The molecular weight excluding hydrogens is 264 g/mol. The number of hydrogen-bond donors (Lipinski definition) is 0. The van der Waals surface area contributed by atoms with Gasteiger partial charge in [0.05, 0.1) is 10.6 Å². The summed E-state index contributed by atoms with van der Waals surface area (Å²) in [6, 6.07) is 0. The minimum absolute atomic E-state index is 0.309. The third kappa shape index (κ3) is 2.88. The van der Waals surface area contributed by atoms with E-state index in [9.17, 15) is 4.79 Å². The molecular formula is C13H20N2OS2. The Morgan fingerprint density at radius 3 is 2.39 bits per heavy atom. The van der Waals surface area contributed by atoms with Crippen LogP contribution in [-0.4, -0.2) is 34.9 Å². The molecule has 100 valence electrons. The van der Waals surface area contributed by atoms with Gasteiger partial charge in [0.25, 0.3) is 0 Å². The molecule has 0 saturated carbocycles. The van der Waals surface area contributed by atoms with Gasteiger partial charge < -0.3 is 4.90 Å². The quantitative estimate of drug-likeness (QED) is 0.796. The van der Waals surface area contributed by atoms with Gasteiger partial charge in [0.15, 0.2) is 11.4 Å². The monoisotopic (exact) mass is 284 g/mol. The van der Waals surface area contributed by atoms with Crippen molar-refractivity contribution in [2.45, 2.75) is 44.1 Å². The fourth-order valence-electron chi connectivity index (χ4n) is 2.30. The lowest BCUT2D eigenvalue weighted by Crippen LogP contribution is -2.40. The lowest BCUT2D eigenvalue weighted by atomic mass is 10.1. The van der Waals surface area contributed by atoms with Crippen LogP contribution in [-0.2, 0) is 0 Å². The van der Waals surface area contributed by atoms with Gasteiger partial charge in [-0.15, -0.1) is 0 Å². The van der Waals surface area contributed by atoms with Crippen LogP contribution in [0.1, 0.15) is 49.0 Å². The Balaban J connectivity index is 2.25. The van der Waals surface area contributed by atoms with Crippen molar-refractivity contribution in [3.8, 4) is 0 Å². The highest BCUT2D eigenvalue weighted by Crippen LogP contribution is 2.33. The van der Waals surface area contributed by atoms with Gasteiger partial charge in [0, 0.05) is 23.6 Å². The van der Waals surface area contributed by atoms with Gasteiger partial charge in [-0.05, 0) is 5.92 Å². The summed E-state index contributed by atoms with van der Waals surface area (Å²) in [7, 11) is 0. The first-order chi connectivity index (χ1) is 8.51. The highest BCUT2D eigenvalue weighted by Gasteiger charge is 2.25. The number of aromatic nitrogens is 1. The average Bonchev–Trinajstić information content (AvgIpc) is 2.71. The number of carbonyl (C=O) groups excluding carboxylic acids is 1. The van der Waals surface area contributed by atoms with Crippen LogP contribution in [0.3, 0.4) is 0 Å². The highest BCUT2D eigenvalue weighted by molar-refractivity contribution is 8.00. The third-order valence-corrected chi connectivity index (χ3v) is 5.30. The Bertz CT molecular complexity index is 421. The molecule has 1 fully saturated rings. The summed E-state index contributed by atoms with van der Waals surface area (Å²) >= 11 is 3.56. The van der Waals surface area contributed by atoms with E-state index in [-0.39, 0.29) is 0 Å². The predicted molar refractivity (Wildman–Crippen MR) is 80.3 cm³/mol. The Morgan fingerprint density at radius 1 is 1.33 bits per heavy atom. The largest absolute Gasteiger partial charge is 0.346 e. The van der Waals surface area contributed by atoms with Gasteiger partial charge in [-0.1, -0.05) is 39.0 Å². The summed E-state index contributed by atoms with van der Waals surface area (Å²) < 4.78 is 0. The van der Waals surface area contributed by atoms with E-state index in [4.69, 9.17) is 0 Å². The van der Waals surface area contributed by atoms with Crippen LogP contribution in [0.5, 0.6) is 0 Å². The lowest BCUT2D eigenvalue weighted by molar-refractivity contribution is 0.112. The fourth-order valence-corrected chi connectivity index (χ4v) is 4.68. The second-order valence-corrected chi connectivity index (χ2v) is 8.07. The first kappa shape index (κ1) is 13.9. The van der Waals surface area contributed by atoms with Gasteiger partial charge in [-0.25, -0.2) is 4.98 Å². The Kier molecular flexibility index (Phi) is 4.33.